The van der Waals surface area contributed by atoms with Gasteiger partial charge in [0, 0.05) is 24.8 Å². The van der Waals surface area contributed by atoms with Crippen LogP contribution in [-0.4, -0.2) is 49.5 Å². The summed E-state index contributed by atoms with van der Waals surface area (Å²) in [4.78, 5) is 18.3. The van der Waals surface area contributed by atoms with E-state index >= 15 is 0 Å². The van der Waals surface area contributed by atoms with Gasteiger partial charge in [0.25, 0.3) is 5.91 Å². The zero-order valence-corrected chi connectivity index (χ0v) is 12.9. The lowest BCUT2D eigenvalue weighted by molar-refractivity contribution is 0.0952. The molecule has 20 heavy (non-hydrogen) atoms. The van der Waals surface area contributed by atoms with Crippen LogP contribution < -0.4 is 10.6 Å². The van der Waals surface area contributed by atoms with Crippen LogP contribution in [0, 0.1) is 5.92 Å². The monoisotopic (exact) mass is 278 g/mol. The van der Waals surface area contributed by atoms with Crippen LogP contribution in [0.15, 0.2) is 18.3 Å². The highest BCUT2D eigenvalue weighted by molar-refractivity contribution is 5.94. The van der Waals surface area contributed by atoms with Crippen molar-refractivity contribution in [1.29, 1.82) is 0 Å². The van der Waals surface area contributed by atoms with Crippen LogP contribution in [0.3, 0.4) is 0 Å². The zero-order valence-electron chi connectivity index (χ0n) is 12.9. The Morgan fingerprint density at radius 2 is 2.15 bits per heavy atom. The normalized spacial score (nSPS) is 10.9. The largest absolute Gasteiger partial charge is 0.370 e. The summed E-state index contributed by atoms with van der Waals surface area (Å²) in [7, 11) is 4.05. The predicted molar refractivity (Wildman–Crippen MR) is 83.1 cm³/mol. The molecule has 0 aliphatic heterocycles. The van der Waals surface area contributed by atoms with Crippen molar-refractivity contribution in [2.45, 2.75) is 20.3 Å². The van der Waals surface area contributed by atoms with Gasteiger partial charge in [-0.2, -0.15) is 0 Å². The highest BCUT2D eigenvalue weighted by atomic mass is 16.1. The molecule has 0 fully saturated rings. The van der Waals surface area contributed by atoms with E-state index in [0.717, 1.165) is 25.3 Å². The minimum atomic E-state index is -0.0428. The number of anilines is 1. The number of aromatic nitrogens is 1. The van der Waals surface area contributed by atoms with E-state index in [1.807, 2.05) is 14.1 Å². The van der Waals surface area contributed by atoms with Crippen LogP contribution in [0.5, 0.6) is 0 Å². The number of hydrogen-bond donors (Lipinski definition) is 2. The van der Waals surface area contributed by atoms with Crippen LogP contribution in [-0.2, 0) is 0 Å². The second-order valence-corrected chi connectivity index (χ2v) is 5.62. The first-order valence-electron chi connectivity index (χ1n) is 7.12. The molecule has 5 heteroatoms. The Hall–Kier alpha value is -1.62. The third-order valence-corrected chi connectivity index (χ3v) is 2.78. The molecule has 0 aliphatic carbocycles. The maximum atomic E-state index is 12.0. The van der Waals surface area contributed by atoms with Crippen molar-refractivity contribution < 1.29 is 4.79 Å². The van der Waals surface area contributed by atoms with E-state index in [2.05, 4.69) is 34.4 Å². The molecule has 0 unspecified atom stereocenters. The Kier molecular flexibility index (Phi) is 7.01. The standard InChI is InChI=1S/C15H26N4O/c1-12(2)11-18-14-10-13(6-8-16-14)15(20)17-7-5-9-19(3)4/h6,8,10,12H,5,7,9,11H2,1-4H3,(H,16,18)(H,17,20). The summed E-state index contributed by atoms with van der Waals surface area (Å²) in [5, 5.41) is 6.15. The minimum absolute atomic E-state index is 0.0428. The van der Waals surface area contributed by atoms with E-state index in [0.29, 0.717) is 18.0 Å². The summed E-state index contributed by atoms with van der Waals surface area (Å²) in [5.74, 6) is 1.25. The lowest BCUT2D eigenvalue weighted by Gasteiger charge is -2.11. The molecule has 1 heterocycles. The Labute approximate surface area is 121 Å². The molecule has 1 amide bonds. The van der Waals surface area contributed by atoms with Gasteiger partial charge in [-0.25, -0.2) is 4.98 Å². The van der Waals surface area contributed by atoms with Crippen LogP contribution in [0.2, 0.25) is 0 Å². The maximum absolute atomic E-state index is 12.0. The quantitative estimate of drug-likeness (QED) is 0.712. The molecular weight excluding hydrogens is 252 g/mol. The smallest absolute Gasteiger partial charge is 0.251 e. The number of carbonyl (C=O) groups excluding carboxylic acids is 1. The molecule has 2 N–H and O–H groups in total. The van der Waals surface area contributed by atoms with Gasteiger partial charge in [-0.05, 0) is 45.1 Å². The molecule has 1 rings (SSSR count). The summed E-state index contributed by atoms with van der Waals surface area (Å²) in [6, 6.07) is 3.53. The van der Waals surface area contributed by atoms with Crippen molar-refractivity contribution in [2.24, 2.45) is 5.92 Å². The van der Waals surface area contributed by atoms with Gasteiger partial charge in [0.05, 0.1) is 0 Å². The van der Waals surface area contributed by atoms with Crippen molar-refractivity contribution >= 4 is 11.7 Å². The van der Waals surface area contributed by atoms with Crippen molar-refractivity contribution in [3.63, 3.8) is 0 Å². The maximum Gasteiger partial charge on any atom is 0.251 e. The number of rotatable bonds is 8. The summed E-state index contributed by atoms with van der Waals surface area (Å²) >= 11 is 0. The first-order chi connectivity index (χ1) is 9.49. The Morgan fingerprint density at radius 3 is 2.80 bits per heavy atom. The van der Waals surface area contributed by atoms with Crippen LogP contribution >= 0.6 is 0 Å². The average Bonchev–Trinajstić information content (AvgIpc) is 2.41. The molecule has 5 nitrogen and oxygen atoms in total. The first kappa shape index (κ1) is 16.4. The van der Waals surface area contributed by atoms with E-state index in [4.69, 9.17) is 0 Å². The summed E-state index contributed by atoms with van der Waals surface area (Å²) in [6.45, 7) is 6.77. The molecule has 0 saturated heterocycles. The highest BCUT2D eigenvalue weighted by Crippen LogP contribution is 2.07. The van der Waals surface area contributed by atoms with Crippen LogP contribution in [0.4, 0.5) is 5.82 Å². The van der Waals surface area contributed by atoms with Gasteiger partial charge in [0.1, 0.15) is 5.82 Å². The molecule has 0 spiro atoms. The molecule has 1 aromatic rings. The summed E-state index contributed by atoms with van der Waals surface area (Å²) in [6.07, 6.45) is 2.61. The van der Waals surface area contributed by atoms with E-state index < -0.39 is 0 Å². The Balaban J connectivity index is 2.45. The molecule has 1 aromatic heterocycles. The number of nitrogens with one attached hydrogen (secondary N) is 2. The average molecular weight is 278 g/mol. The van der Waals surface area contributed by atoms with Gasteiger partial charge in [-0.15, -0.1) is 0 Å². The minimum Gasteiger partial charge on any atom is -0.370 e. The van der Waals surface area contributed by atoms with Crippen molar-refractivity contribution in [1.82, 2.24) is 15.2 Å². The van der Waals surface area contributed by atoms with E-state index in [1.165, 1.54) is 0 Å². The first-order valence-corrected chi connectivity index (χ1v) is 7.12. The summed E-state index contributed by atoms with van der Waals surface area (Å²) < 4.78 is 0. The molecule has 112 valence electrons. The van der Waals surface area contributed by atoms with Crippen molar-refractivity contribution in [2.75, 3.05) is 39.0 Å². The number of hydrogen-bond acceptors (Lipinski definition) is 4. The highest BCUT2D eigenvalue weighted by Gasteiger charge is 2.06. The fourth-order valence-electron chi connectivity index (χ4n) is 1.68. The van der Waals surface area contributed by atoms with Crippen molar-refractivity contribution in [3.8, 4) is 0 Å². The second-order valence-electron chi connectivity index (χ2n) is 5.62. The van der Waals surface area contributed by atoms with E-state index in [9.17, 15) is 4.79 Å². The van der Waals surface area contributed by atoms with Gasteiger partial charge in [-0.1, -0.05) is 13.8 Å². The number of nitrogens with zero attached hydrogens (tertiary/aromatic N) is 2. The molecular formula is C15H26N4O. The van der Waals surface area contributed by atoms with Crippen molar-refractivity contribution in [3.05, 3.63) is 23.9 Å². The van der Waals surface area contributed by atoms with E-state index in [-0.39, 0.29) is 5.91 Å². The molecule has 0 aromatic carbocycles. The number of amides is 1. The zero-order chi connectivity index (χ0) is 15.0. The lowest BCUT2D eigenvalue weighted by Crippen LogP contribution is -2.27. The Bertz CT molecular complexity index is 418. The molecule has 0 aliphatic rings. The molecule has 0 radical (unpaired) electrons. The molecule has 0 saturated carbocycles. The Morgan fingerprint density at radius 1 is 1.40 bits per heavy atom. The molecule has 0 atom stereocenters. The third kappa shape index (κ3) is 6.52. The van der Waals surface area contributed by atoms with Crippen LogP contribution in [0.1, 0.15) is 30.6 Å². The van der Waals surface area contributed by atoms with Gasteiger partial charge >= 0.3 is 0 Å². The van der Waals surface area contributed by atoms with Gasteiger partial charge in [0.2, 0.25) is 0 Å². The number of pyridine rings is 1. The van der Waals surface area contributed by atoms with Crippen LogP contribution in [0.25, 0.3) is 0 Å². The predicted octanol–water partition coefficient (Wildman–Crippen LogP) is 1.83. The second kappa shape index (κ2) is 8.53. The van der Waals surface area contributed by atoms with Gasteiger partial charge in [-0.3, -0.25) is 4.79 Å². The summed E-state index contributed by atoms with van der Waals surface area (Å²) in [5.41, 5.74) is 0.649. The topological polar surface area (TPSA) is 57.3 Å². The SMILES string of the molecule is CC(C)CNc1cc(C(=O)NCCCN(C)C)ccn1. The van der Waals surface area contributed by atoms with Gasteiger partial charge in [0.15, 0.2) is 0 Å². The lowest BCUT2D eigenvalue weighted by atomic mass is 10.2. The number of carbonyl (C=O) groups is 1. The molecule has 0 bridgehead atoms. The van der Waals surface area contributed by atoms with E-state index in [1.54, 1.807) is 18.3 Å². The van der Waals surface area contributed by atoms with Gasteiger partial charge < -0.3 is 15.5 Å². The third-order valence-electron chi connectivity index (χ3n) is 2.78. The fraction of sp³-hybridized carbons (Fsp3) is 0.600. The fourth-order valence-corrected chi connectivity index (χ4v) is 1.68.